The van der Waals surface area contributed by atoms with Gasteiger partial charge in [0.1, 0.15) is 0 Å². The summed E-state index contributed by atoms with van der Waals surface area (Å²) in [6, 6.07) is 20.2. The number of carbonyl (C=O) groups is 1. The van der Waals surface area contributed by atoms with Crippen LogP contribution in [0.3, 0.4) is 0 Å². The zero-order valence-corrected chi connectivity index (χ0v) is 17.4. The molecule has 1 N–H and O–H groups in total. The molecule has 1 amide bonds. The van der Waals surface area contributed by atoms with Gasteiger partial charge in [-0.25, -0.2) is 4.68 Å². The monoisotopic (exact) mass is 410 g/mol. The molecule has 29 heavy (non-hydrogen) atoms. The number of nitrogens with one attached hydrogen (secondary N) is 1. The Labute approximate surface area is 178 Å². The zero-order chi connectivity index (χ0) is 19.3. The second kappa shape index (κ2) is 9.72. The first-order valence-corrected chi connectivity index (χ1v) is 9.87. The molecule has 1 atom stereocenters. The number of hydrogen-bond donors (Lipinski definition) is 1. The number of benzene rings is 2. The van der Waals surface area contributed by atoms with Gasteiger partial charge in [0.2, 0.25) is 5.91 Å². The van der Waals surface area contributed by atoms with E-state index in [0.29, 0.717) is 6.54 Å². The first-order valence-electron chi connectivity index (χ1n) is 9.87. The maximum Gasteiger partial charge on any atom is 0.227 e. The summed E-state index contributed by atoms with van der Waals surface area (Å²) in [5.74, 6) is 0.279. The molecule has 2 heterocycles. The average molecular weight is 411 g/mol. The van der Waals surface area contributed by atoms with E-state index in [1.165, 1.54) is 0 Å². The number of nitrogens with zero attached hydrogens (tertiary/aromatic N) is 3. The van der Waals surface area contributed by atoms with Crippen LogP contribution in [0.25, 0.3) is 16.9 Å². The highest BCUT2D eigenvalue weighted by molar-refractivity contribution is 5.85. The topological polar surface area (TPSA) is 50.2 Å². The lowest BCUT2D eigenvalue weighted by molar-refractivity contribution is -0.135. The molecule has 1 saturated heterocycles. The van der Waals surface area contributed by atoms with Gasteiger partial charge in [0.05, 0.1) is 17.3 Å². The molecule has 4 rings (SSSR count). The van der Waals surface area contributed by atoms with E-state index >= 15 is 0 Å². The summed E-state index contributed by atoms with van der Waals surface area (Å²) in [5.41, 5.74) is 4.05. The van der Waals surface area contributed by atoms with Crippen LogP contribution >= 0.6 is 12.4 Å². The van der Waals surface area contributed by atoms with Gasteiger partial charge in [-0.05, 0) is 31.5 Å². The van der Waals surface area contributed by atoms with E-state index in [2.05, 4.69) is 17.4 Å². The summed E-state index contributed by atoms with van der Waals surface area (Å²) in [7, 11) is 1.89. The van der Waals surface area contributed by atoms with E-state index in [1.807, 2.05) is 71.4 Å². The Morgan fingerprint density at radius 2 is 1.83 bits per heavy atom. The van der Waals surface area contributed by atoms with Crippen LogP contribution in [-0.2, 0) is 11.3 Å². The number of para-hydroxylation sites is 1. The van der Waals surface area contributed by atoms with Crippen LogP contribution in [0.2, 0.25) is 0 Å². The molecule has 2 aromatic carbocycles. The van der Waals surface area contributed by atoms with Crippen LogP contribution in [0.15, 0.2) is 66.9 Å². The average Bonchev–Trinajstić information content (AvgIpc) is 3.19. The number of halogens is 1. The molecular weight excluding hydrogens is 384 g/mol. The van der Waals surface area contributed by atoms with Crippen LogP contribution in [-0.4, -0.2) is 40.7 Å². The van der Waals surface area contributed by atoms with Gasteiger partial charge in [0, 0.05) is 37.5 Å². The number of rotatable bonds is 5. The molecular formula is C23H27ClN4O. The quantitative estimate of drug-likeness (QED) is 0.693. The summed E-state index contributed by atoms with van der Waals surface area (Å²) in [6.45, 7) is 2.33. The second-order valence-electron chi connectivity index (χ2n) is 7.39. The fraction of sp³-hybridized carbons (Fsp3) is 0.304. The molecule has 1 aromatic heterocycles. The lowest BCUT2D eigenvalue weighted by atomic mass is 9.98. The molecule has 0 saturated carbocycles. The Morgan fingerprint density at radius 3 is 2.48 bits per heavy atom. The van der Waals surface area contributed by atoms with E-state index < -0.39 is 0 Å². The van der Waals surface area contributed by atoms with Crippen molar-refractivity contribution < 1.29 is 4.79 Å². The van der Waals surface area contributed by atoms with E-state index in [9.17, 15) is 4.79 Å². The lowest BCUT2D eigenvalue weighted by Gasteiger charge is -2.27. The molecule has 0 aliphatic carbocycles. The van der Waals surface area contributed by atoms with Crippen molar-refractivity contribution in [2.75, 3.05) is 20.1 Å². The third-order valence-electron chi connectivity index (χ3n) is 5.29. The Kier molecular flexibility index (Phi) is 7.07. The minimum atomic E-state index is 0. The van der Waals surface area contributed by atoms with Crippen molar-refractivity contribution in [2.45, 2.75) is 19.4 Å². The van der Waals surface area contributed by atoms with Gasteiger partial charge >= 0.3 is 0 Å². The minimum absolute atomic E-state index is 0. The van der Waals surface area contributed by atoms with Crippen molar-refractivity contribution in [1.82, 2.24) is 20.0 Å². The SMILES string of the molecule is CN(Cc1cn(-c2ccccc2)nc1-c1ccccc1)C(=O)C1CCCNC1.Cl. The van der Waals surface area contributed by atoms with Crippen molar-refractivity contribution in [3.63, 3.8) is 0 Å². The van der Waals surface area contributed by atoms with Crippen molar-refractivity contribution in [3.05, 3.63) is 72.4 Å². The molecule has 0 spiro atoms. The standard InChI is InChI=1S/C23H26N4O.ClH/c1-26(23(28)19-11-8-14-24-15-19)16-20-17-27(21-12-6-3-7-13-21)25-22(20)18-9-4-2-5-10-18;/h2-7,9-10,12-13,17,19,24H,8,11,14-16H2,1H3;1H. The molecule has 6 heteroatoms. The molecule has 0 radical (unpaired) electrons. The van der Waals surface area contributed by atoms with Crippen molar-refractivity contribution in [2.24, 2.45) is 5.92 Å². The van der Waals surface area contributed by atoms with Crippen LogP contribution in [0.5, 0.6) is 0 Å². The molecule has 152 valence electrons. The summed E-state index contributed by atoms with van der Waals surface area (Å²) in [5, 5.41) is 8.18. The number of aromatic nitrogens is 2. The van der Waals surface area contributed by atoms with Gasteiger partial charge in [0.15, 0.2) is 0 Å². The van der Waals surface area contributed by atoms with Gasteiger partial charge in [-0.15, -0.1) is 12.4 Å². The van der Waals surface area contributed by atoms with Crippen LogP contribution in [0.1, 0.15) is 18.4 Å². The fourth-order valence-electron chi connectivity index (χ4n) is 3.79. The van der Waals surface area contributed by atoms with E-state index in [1.54, 1.807) is 0 Å². The first kappa shape index (κ1) is 21.1. The molecule has 1 aliphatic heterocycles. The molecule has 1 fully saturated rings. The molecule has 0 bridgehead atoms. The van der Waals surface area contributed by atoms with Crippen LogP contribution in [0.4, 0.5) is 0 Å². The van der Waals surface area contributed by atoms with Crippen LogP contribution < -0.4 is 5.32 Å². The molecule has 3 aromatic rings. The Bertz CT molecular complexity index is 921. The third-order valence-corrected chi connectivity index (χ3v) is 5.29. The maximum absolute atomic E-state index is 12.9. The van der Waals surface area contributed by atoms with E-state index in [-0.39, 0.29) is 24.2 Å². The molecule has 1 aliphatic rings. The van der Waals surface area contributed by atoms with Crippen LogP contribution in [0, 0.1) is 5.92 Å². The summed E-state index contributed by atoms with van der Waals surface area (Å²) in [6.07, 6.45) is 4.07. The molecule has 5 nitrogen and oxygen atoms in total. The van der Waals surface area contributed by atoms with E-state index in [4.69, 9.17) is 5.10 Å². The summed E-state index contributed by atoms with van der Waals surface area (Å²) >= 11 is 0. The Balaban J connectivity index is 0.00000240. The van der Waals surface area contributed by atoms with Crippen molar-refractivity contribution in [3.8, 4) is 16.9 Å². The van der Waals surface area contributed by atoms with Gasteiger partial charge in [-0.2, -0.15) is 5.10 Å². The van der Waals surface area contributed by atoms with Crippen molar-refractivity contribution >= 4 is 18.3 Å². The smallest absolute Gasteiger partial charge is 0.227 e. The normalized spacial score (nSPS) is 16.1. The third kappa shape index (κ3) is 4.86. The summed E-state index contributed by atoms with van der Waals surface area (Å²) in [4.78, 5) is 14.7. The summed E-state index contributed by atoms with van der Waals surface area (Å²) < 4.78 is 1.90. The first-order chi connectivity index (χ1) is 13.7. The predicted octanol–water partition coefficient (Wildman–Crippen LogP) is 3.92. The van der Waals surface area contributed by atoms with Crippen molar-refractivity contribution in [1.29, 1.82) is 0 Å². The highest BCUT2D eigenvalue weighted by atomic mass is 35.5. The zero-order valence-electron chi connectivity index (χ0n) is 16.6. The lowest BCUT2D eigenvalue weighted by Crippen LogP contribution is -2.41. The number of piperidine rings is 1. The fourth-order valence-corrected chi connectivity index (χ4v) is 3.79. The highest BCUT2D eigenvalue weighted by Gasteiger charge is 2.25. The minimum Gasteiger partial charge on any atom is -0.341 e. The number of carbonyl (C=O) groups excluding carboxylic acids is 1. The Morgan fingerprint density at radius 1 is 1.14 bits per heavy atom. The van der Waals surface area contributed by atoms with Gasteiger partial charge < -0.3 is 10.2 Å². The van der Waals surface area contributed by atoms with Gasteiger partial charge in [-0.1, -0.05) is 48.5 Å². The molecule has 1 unspecified atom stereocenters. The predicted molar refractivity (Wildman–Crippen MR) is 118 cm³/mol. The van der Waals surface area contributed by atoms with Gasteiger partial charge in [-0.3, -0.25) is 4.79 Å². The number of amides is 1. The maximum atomic E-state index is 12.9. The highest BCUT2D eigenvalue weighted by Crippen LogP contribution is 2.25. The largest absolute Gasteiger partial charge is 0.341 e. The van der Waals surface area contributed by atoms with E-state index in [0.717, 1.165) is 48.4 Å². The second-order valence-corrected chi connectivity index (χ2v) is 7.39. The number of hydrogen-bond acceptors (Lipinski definition) is 3. The van der Waals surface area contributed by atoms with Gasteiger partial charge in [0.25, 0.3) is 0 Å². The Hall–Kier alpha value is -2.63.